The van der Waals surface area contributed by atoms with E-state index >= 15 is 0 Å². The van der Waals surface area contributed by atoms with E-state index in [0.717, 1.165) is 32.4 Å². The highest BCUT2D eigenvalue weighted by Crippen LogP contribution is 2.20. The molecule has 0 aliphatic carbocycles. The Balaban J connectivity index is 4.27. The third kappa shape index (κ3) is 5.28. The van der Waals surface area contributed by atoms with E-state index in [-0.39, 0.29) is 6.23 Å². The Morgan fingerprint density at radius 2 is 1.75 bits per heavy atom. The summed E-state index contributed by atoms with van der Waals surface area (Å²) in [5.41, 5.74) is 5.84. The van der Waals surface area contributed by atoms with Crippen molar-refractivity contribution in [2.24, 2.45) is 5.73 Å². The predicted octanol–water partition coefficient (Wildman–Crippen LogP) is 2.95. The van der Waals surface area contributed by atoms with Crippen LogP contribution >= 0.6 is 0 Å². The number of rotatable bonds is 9. The molecule has 0 fully saturated rings. The first-order valence-corrected chi connectivity index (χ1v) is 6.73. The van der Waals surface area contributed by atoms with Crippen molar-refractivity contribution < 1.29 is 4.74 Å². The second-order valence-electron chi connectivity index (χ2n) is 4.46. The minimum atomic E-state index is -0.446. The van der Waals surface area contributed by atoms with Crippen LogP contribution in [-0.2, 0) is 4.74 Å². The van der Waals surface area contributed by atoms with E-state index in [1.807, 2.05) is 0 Å². The smallest absolute Gasteiger partial charge is 0.118 e. The van der Waals surface area contributed by atoms with Crippen molar-refractivity contribution in [3.8, 4) is 0 Å². The van der Waals surface area contributed by atoms with Gasteiger partial charge in [0.15, 0.2) is 0 Å². The maximum atomic E-state index is 6.28. The number of unbranched alkanes of at least 4 members (excludes halogenated alkanes) is 1. The fourth-order valence-corrected chi connectivity index (χ4v) is 1.95. The zero-order chi connectivity index (χ0) is 12.6. The normalized spacial score (nSPS) is 17.4. The quantitative estimate of drug-likeness (QED) is 0.619. The second kappa shape index (κ2) is 8.04. The molecule has 0 aromatic heterocycles. The highest BCUT2D eigenvalue weighted by Gasteiger charge is 2.27. The Labute approximate surface area is 101 Å². The summed E-state index contributed by atoms with van der Waals surface area (Å²) in [6.45, 7) is 12.7. The largest absolute Gasteiger partial charge is 0.343 e. The summed E-state index contributed by atoms with van der Waals surface area (Å²) < 4.78 is 6.04. The molecule has 0 saturated heterocycles. The molecular weight excluding hydrogens is 200 g/mol. The zero-order valence-corrected chi connectivity index (χ0v) is 11.8. The van der Waals surface area contributed by atoms with Gasteiger partial charge in [0.05, 0.1) is 0 Å². The van der Waals surface area contributed by atoms with Gasteiger partial charge in [-0.25, -0.2) is 0 Å². The molecule has 2 N–H and O–H groups in total. The van der Waals surface area contributed by atoms with Crippen LogP contribution in [0.3, 0.4) is 0 Å². The lowest BCUT2D eigenvalue weighted by Gasteiger charge is -2.36. The fraction of sp³-hybridized carbons (Fsp3) is 1.00. The Morgan fingerprint density at radius 3 is 2.12 bits per heavy atom. The molecule has 0 radical (unpaired) electrons. The van der Waals surface area contributed by atoms with Gasteiger partial charge in [-0.2, -0.15) is 0 Å². The van der Waals surface area contributed by atoms with Gasteiger partial charge < -0.3 is 10.5 Å². The number of nitrogens with zero attached hydrogens (tertiary/aromatic N) is 1. The lowest BCUT2D eigenvalue weighted by Crippen LogP contribution is -2.49. The van der Waals surface area contributed by atoms with Gasteiger partial charge in [-0.05, 0) is 39.3 Å². The van der Waals surface area contributed by atoms with E-state index in [9.17, 15) is 0 Å². The third-order valence-corrected chi connectivity index (χ3v) is 3.28. The molecule has 98 valence electrons. The van der Waals surface area contributed by atoms with Crippen molar-refractivity contribution in [3.05, 3.63) is 0 Å². The van der Waals surface area contributed by atoms with Gasteiger partial charge in [0.25, 0.3) is 0 Å². The van der Waals surface area contributed by atoms with Crippen LogP contribution in [0.4, 0.5) is 0 Å². The van der Waals surface area contributed by atoms with Crippen molar-refractivity contribution in [1.29, 1.82) is 0 Å². The molecule has 0 saturated carbocycles. The van der Waals surface area contributed by atoms with Crippen LogP contribution in [-0.4, -0.2) is 29.9 Å². The third-order valence-electron chi connectivity index (χ3n) is 3.28. The number of nitrogens with two attached hydrogens (primary N) is 1. The monoisotopic (exact) mass is 230 g/mol. The Morgan fingerprint density at radius 1 is 1.19 bits per heavy atom. The molecule has 2 atom stereocenters. The van der Waals surface area contributed by atoms with Crippen molar-refractivity contribution in [2.45, 2.75) is 72.3 Å². The summed E-state index contributed by atoms with van der Waals surface area (Å²) in [4.78, 5) is 2.28. The average molecular weight is 230 g/mol. The van der Waals surface area contributed by atoms with Crippen LogP contribution in [0.1, 0.15) is 60.3 Å². The van der Waals surface area contributed by atoms with Crippen molar-refractivity contribution in [3.63, 3.8) is 0 Å². The minimum Gasteiger partial charge on any atom is -0.343 e. The van der Waals surface area contributed by atoms with Crippen LogP contribution in [0.25, 0.3) is 0 Å². The highest BCUT2D eigenvalue weighted by molar-refractivity contribution is 4.73. The Kier molecular flexibility index (Phi) is 7.98. The number of hydrogen-bond donors (Lipinski definition) is 1. The molecule has 0 amide bonds. The van der Waals surface area contributed by atoms with E-state index < -0.39 is 5.72 Å². The minimum absolute atomic E-state index is 0.108. The molecule has 2 unspecified atom stereocenters. The summed E-state index contributed by atoms with van der Waals surface area (Å²) in [6.07, 6.45) is 4.23. The SMILES string of the molecule is CCCCC(N)(CC)OC(C)N(CC)CC. The average Bonchev–Trinajstić information content (AvgIpc) is 2.28. The van der Waals surface area contributed by atoms with Gasteiger partial charge in [-0.3, -0.25) is 4.90 Å². The summed E-state index contributed by atoms with van der Waals surface area (Å²) >= 11 is 0. The van der Waals surface area contributed by atoms with Crippen LogP contribution in [0.15, 0.2) is 0 Å². The fourth-order valence-electron chi connectivity index (χ4n) is 1.95. The maximum Gasteiger partial charge on any atom is 0.118 e. The maximum absolute atomic E-state index is 6.28. The van der Waals surface area contributed by atoms with E-state index in [1.165, 1.54) is 6.42 Å². The topological polar surface area (TPSA) is 38.5 Å². The first-order chi connectivity index (χ1) is 7.52. The molecule has 0 aromatic carbocycles. The molecular formula is C13H30N2O. The molecule has 3 heteroatoms. The summed E-state index contributed by atoms with van der Waals surface area (Å²) in [5.74, 6) is 0. The lowest BCUT2D eigenvalue weighted by molar-refractivity contribution is -0.149. The molecule has 0 aliphatic heterocycles. The molecule has 3 nitrogen and oxygen atoms in total. The zero-order valence-electron chi connectivity index (χ0n) is 11.8. The van der Waals surface area contributed by atoms with Gasteiger partial charge in [0.2, 0.25) is 0 Å². The van der Waals surface area contributed by atoms with Crippen molar-refractivity contribution in [2.75, 3.05) is 13.1 Å². The van der Waals surface area contributed by atoms with Crippen molar-refractivity contribution >= 4 is 0 Å². The Hall–Kier alpha value is -0.120. The highest BCUT2D eigenvalue weighted by atomic mass is 16.5. The first-order valence-electron chi connectivity index (χ1n) is 6.73. The molecule has 0 spiro atoms. The van der Waals surface area contributed by atoms with Gasteiger partial charge in [-0.1, -0.05) is 34.1 Å². The van der Waals surface area contributed by atoms with Crippen LogP contribution in [0.2, 0.25) is 0 Å². The van der Waals surface area contributed by atoms with Gasteiger partial charge in [0.1, 0.15) is 12.0 Å². The predicted molar refractivity (Wildman–Crippen MR) is 70.2 cm³/mol. The standard InChI is InChI=1S/C13H30N2O/c1-6-10-11-13(14,7-2)16-12(5)15(8-3)9-4/h12H,6-11,14H2,1-5H3. The number of ether oxygens (including phenoxy) is 1. The molecule has 16 heavy (non-hydrogen) atoms. The van der Waals surface area contributed by atoms with Gasteiger partial charge in [-0.15, -0.1) is 0 Å². The van der Waals surface area contributed by atoms with Crippen LogP contribution in [0, 0.1) is 0 Å². The molecule has 0 aliphatic rings. The van der Waals surface area contributed by atoms with Crippen LogP contribution in [0.5, 0.6) is 0 Å². The summed E-state index contributed by atoms with van der Waals surface area (Å²) in [5, 5.41) is 0. The molecule has 0 bridgehead atoms. The second-order valence-corrected chi connectivity index (χ2v) is 4.46. The van der Waals surface area contributed by atoms with Gasteiger partial charge in [0, 0.05) is 0 Å². The lowest BCUT2D eigenvalue weighted by atomic mass is 10.0. The van der Waals surface area contributed by atoms with Crippen LogP contribution < -0.4 is 5.73 Å². The summed E-state index contributed by atoms with van der Waals surface area (Å²) in [6, 6.07) is 0. The summed E-state index contributed by atoms with van der Waals surface area (Å²) in [7, 11) is 0. The van der Waals surface area contributed by atoms with Gasteiger partial charge >= 0.3 is 0 Å². The first kappa shape index (κ1) is 15.9. The van der Waals surface area contributed by atoms with E-state index in [1.54, 1.807) is 0 Å². The number of hydrogen-bond acceptors (Lipinski definition) is 3. The molecule has 0 aromatic rings. The molecule has 0 rings (SSSR count). The van der Waals surface area contributed by atoms with E-state index in [0.29, 0.717) is 0 Å². The van der Waals surface area contributed by atoms with Crippen molar-refractivity contribution in [1.82, 2.24) is 4.90 Å². The van der Waals surface area contributed by atoms with E-state index in [4.69, 9.17) is 10.5 Å². The van der Waals surface area contributed by atoms with E-state index in [2.05, 4.69) is 39.5 Å². The Bertz CT molecular complexity index is 171. The molecule has 0 heterocycles.